The summed E-state index contributed by atoms with van der Waals surface area (Å²) in [7, 11) is 0. The second kappa shape index (κ2) is 11.0. The first-order valence-corrected chi connectivity index (χ1v) is 13.3. The lowest BCUT2D eigenvalue weighted by atomic mass is 10.1. The summed E-state index contributed by atoms with van der Waals surface area (Å²) >= 11 is 0. The molecule has 3 aromatic rings. The van der Waals surface area contributed by atoms with E-state index in [4.69, 9.17) is 19.2 Å². The summed E-state index contributed by atoms with van der Waals surface area (Å²) in [5.74, 6) is 2.38. The predicted octanol–water partition coefficient (Wildman–Crippen LogP) is 3.39. The van der Waals surface area contributed by atoms with Crippen molar-refractivity contribution in [1.29, 1.82) is 0 Å². The van der Waals surface area contributed by atoms with Gasteiger partial charge in [-0.3, -0.25) is 9.36 Å². The molecule has 2 atom stereocenters. The number of hydrogen-bond donors (Lipinski definition) is 1. The van der Waals surface area contributed by atoms with Crippen LogP contribution in [0.3, 0.4) is 0 Å². The van der Waals surface area contributed by atoms with E-state index in [1.807, 2.05) is 58.9 Å². The lowest BCUT2D eigenvalue weighted by Crippen LogP contribution is -2.57. The van der Waals surface area contributed by atoms with E-state index in [1.165, 1.54) is 0 Å². The molecule has 12 nitrogen and oxygen atoms in total. The van der Waals surface area contributed by atoms with Gasteiger partial charge in [-0.2, -0.15) is 4.98 Å². The van der Waals surface area contributed by atoms with E-state index in [0.717, 1.165) is 11.3 Å². The molecular formula is C28H35N7O5. The van der Waals surface area contributed by atoms with Crippen molar-refractivity contribution >= 4 is 17.8 Å². The molecule has 5 rings (SSSR count). The molecule has 0 saturated carbocycles. The summed E-state index contributed by atoms with van der Waals surface area (Å²) in [6.45, 7) is 10.8. The smallest absolute Gasteiger partial charge is 0.410 e. The van der Waals surface area contributed by atoms with E-state index in [-0.39, 0.29) is 31.2 Å². The summed E-state index contributed by atoms with van der Waals surface area (Å²) in [6, 6.07) is 6.94. The number of aryl methyl sites for hydroxylation is 1. The Hall–Kier alpha value is -4.35. The maximum atomic E-state index is 13.4. The van der Waals surface area contributed by atoms with Crippen LogP contribution >= 0.6 is 0 Å². The number of amides is 2. The van der Waals surface area contributed by atoms with Crippen molar-refractivity contribution in [3.8, 4) is 17.4 Å². The number of fused-ring (bicyclic) bond motifs is 1. The standard InChI is InChI=1S/C28H35N7O5/c1-18-12-24(32-26(30-18)34-9-8-29-16-34)35-11-10-33(27(37)40-28(3,4)5)15-21(35)14-25(36)31-19(2)20-6-7-22-23(13-20)39-17-38-22/h6-9,12-13,16,19,21H,10-11,14-15,17H2,1-5H3,(H,31,36). The molecule has 1 saturated heterocycles. The Morgan fingerprint density at radius 1 is 1.15 bits per heavy atom. The van der Waals surface area contributed by atoms with Crippen molar-refractivity contribution < 1.29 is 23.8 Å². The molecule has 0 radical (unpaired) electrons. The van der Waals surface area contributed by atoms with Gasteiger partial charge in [-0.1, -0.05) is 6.07 Å². The van der Waals surface area contributed by atoms with E-state index in [2.05, 4.69) is 20.2 Å². The normalized spacial score (nSPS) is 17.5. The van der Waals surface area contributed by atoms with Crippen LogP contribution in [-0.4, -0.2) is 74.5 Å². The van der Waals surface area contributed by atoms with Crippen molar-refractivity contribution in [2.24, 2.45) is 0 Å². The fraction of sp³-hybridized carbons (Fsp3) is 0.464. The minimum absolute atomic E-state index is 0.146. The van der Waals surface area contributed by atoms with Crippen LogP contribution in [-0.2, 0) is 9.53 Å². The first-order chi connectivity index (χ1) is 19.1. The van der Waals surface area contributed by atoms with Crippen LogP contribution in [0.5, 0.6) is 11.5 Å². The SMILES string of the molecule is Cc1cc(N2CCN(C(=O)OC(C)(C)C)CC2CC(=O)NC(C)c2ccc3c(c2)OCO3)nc(-n2ccnc2)n1. The van der Waals surface area contributed by atoms with Crippen molar-refractivity contribution in [2.45, 2.75) is 58.7 Å². The predicted molar refractivity (Wildman–Crippen MR) is 147 cm³/mol. The third-order valence-corrected chi connectivity index (χ3v) is 6.69. The van der Waals surface area contributed by atoms with E-state index in [1.54, 1.807) is 28.2 Å². The molecular weight excluding hydrogens is 514 g/mol. The Labute approximate surface area is 233 Å². The number of aromatic nitrogens is 4. The van der Waals surface area contributed by atoms with Gasteiger partial charge in [0.15, 0.2) is 11.5 Å². The highest BCUT2D eigenvalue weighted by atomic mass is 16.7. The van der Waals surface area contributed by atoms with E-state index in [9.17, 15) is 9.59 Å². The number of nitrogens with one attached hydrogen (secondary N) is 1. The number of imidazole rings is 1. The lowest BCUT2D eigenvalue weighted by Gasteiger charge is -2.42. The fourth-order valence-electron chi connectivity index (χ4n) is 4.78. The first kappa shape index (κ1) is 27.2. The van der Waals surface area contributed by atoms with Crippen LogP contribution in [0.15, 0.2) is 43.0 Å². The summed E-state index contributed by atoms with van der Waals surface area (Å²) in [6.07, 6.45) is 4.84. The highest BCUT2D eigenvalue weighted by Gasteiger charge is 2.34. The summed E-state index contributed by atoms with van der Waals surface area (Å²) < 4.78 is 18.2. The number of ether oxygens (including phenoxy) is 3. The zero-order valence-corrected chi connectivity index (χ0v) is 23.5. The molecule has 4 heterocycles. The minimum atomic E-state index is -0.620. The van der Waals surface area contributed by atoms with E-state index in [0.29, 0.717) is 42.9 Å². The van der Waals surface area contributed by atoms with Gasteiger partial charge < -0.3 is 29.3 Å². The zero-order valence-electron chi connectivity index (χ0n) is 23.5. The van der Waals surface area contributed by atoms with Crippen LogP contribution in [0.25, 0.3) is 5.95 Å². The molecule has 0 spiro atoms. The number of rotatable bonds is 6. The molecule has 2 unspecified atom stereocenters. The average molecular weight is 550 g/mol. The highest BCUT2D eigenvalue weighted by molar-refractivity contribution is 5.78. The van der Waals surface area contributed by atoms with Gasteiger partial charge in [0.1, 0.15) is 17.7 Å². The van der Waals surface area contributed by atoms with Gasteiger partial charge in [-0.25, -0.2) is 14.8 Å². The minimum Gasteiger partial charge on any atom is -0.454 e. The number of piperazine rings is 1. The molecule has 40 heavy (non-hydrogen) atoms. The highest BCUT2D eigenvalue weighted by Crippen LogP contribution is 2.34. The third-order valence-electron chi connectivity index (χ3n) is 6.69. The quantitative estimate of drug-likeness (QED) is 0.493. The molecule has 2 aliphatic rings. The van der Waals surface area contributed by atoms with Crippen molar-refractivity contribution in [2.75, 3.05) is 31.3 Å². The Balaban J connectivity index is 1.35. The molecule has 2 aromatic heterocycles. The zero-order chi connectivity index (χ0) is 28.4. The number of carbonyl (C=O) groups is 2. The van der Waals surface area contributed by atoms with Crippen LogP contribution < -0.4 is 19.7 Å². The molecule has 0 bridgehead atoms. The van der Waals surface area contributed by atoms with Gasteiger partial charge in [0.2, 0.25) is 18.6 Å². The van der Waals surface area contributed by atoms with Gasteiger partial charge >= 0.3 is 6.09 Å². The Morgan fingerprint density at radius 3 is 2.70 bits per heavy atom. The molecule has 1 N–H and O–H groups in total. The molecule has 0 aliphatic carbocycles. The largest absolute Gasteiger partial charge is 0.454 e. The number of nitrogens with zero attached hydrogens (tertiary/aromatic N) is 6. The van der Waals surface area contributed by atoms with Crippen LogP contribution in [0, 0.1) is 6.92 Å². The average Bonchev–Trinajstić information content (AvgIpc) is 3.59. The van der Waals surface area contributed by atoms with Gasteiger partial charge in [-0.05, 0) is 52.3 Å². The molecule has 212 valence electrons. The van der Waals surface area contributed by atoms with Crippen molar-refractivity contribution in [3.63, 3.8) is 0 Å². The molecule has 2 amide bonds. The second-order valence-electron chi connectivity index (χ2n) is 11.0. The van der Waals surface area contributed by atoms with Crippen molar-refractivity contribution in [1.82, 2.24) is 29.7 Å². The lowest BCUT2D eigenvalue weighted by molar-refractivity contribution is -0.122. The fourth-order valence-corrected chi connectivity index (χ4v) is 4.78. The topological polar surface area (TPSA) is 124 Å². The van der Waals surface area contributed by atoms with E-state index < -0.39 is 11.7 Å². The Kier molecular flexibility index (Phi) is 7.51. The summed E-state index contributed by atoms with van der Waals surface area (Å²) in [4.78, 5) is 43.4. The van der Waals surface area contributed by atoms with Gasteiger partial charge in [-0.15, -0.1) is 0 Å². The first-order valence-electron chi connectivity index (χ1n) is 13.3. The maximum absolute atomic E-state index is 13.4. The summed E-state index contributed by atoms with van der Waals surface area (Å²) in [5, 5.41) is 3.09. The van der Waals surface area contributed by atoms with Crippen LogP contribution in [0.2, 0.25) is 0 Å². The number of carbonyl (C=O) groups excluding carboxylic acids is 2. The van der Waals surface area contributed by atoms with Gasteiger partial charge in [0.05, 0.1) is 12.1 Å². The summed E-state index contributed by atoms with van der Waals surface area (Å²) in [5.41, 5.74) is 1.07. The molecule has 2 aliphatic heterocycles. The number of hydrogen-bond acceptors (Lipinski definition) is 9. The number of benzene rings is 1. The van der Waals surface area contributed by atoms with Gasteiger partial charge in [0.25, 0.3) is 0 Å². The second-order valence-corrected chi connectivity index (χ2v) is 11.0. The van der Waals surface area contributed by atoms with Crippen LogP contribution in [0.1, 0.15) is 51.4 Å². The van der Waals surface area contributed by atoms with Crippen molar-refractivity contribution in [3.05, 3.63) is 54.2 Å². The monoisotopic (exact) mass is 549 g/mol. The molecule has 1 fully saturated rings. The third kappa shape index (κ3) is 6.27. The van der Waals surface area contributed by atoms with Gasteiger partial charge in [0, 0.05) is 50.2 Å². The Morgan fingerprint density at radius 2 is 1.95 bits per heavy atom. The van der Waals surface area contributed by atoms with E-state index >= 15 is 0 Å². The number of anilines is 1. The van der Waals surface area contributed by atoms with Crippen LogP contribution in [0.4, 0.5) is 10.6 Å². The molecule has 12 heteroatoms. The Bertz CT molecular complexity index is 1370. The maximum Gasteiger partial charge on any atom is 0.410 e. The molecule has 1 aromatic carbocycles.